The summed E-state index contributed by atoms with van der Waals surface area (Å²) in [6.07, 6.45) is 8.22. The highest BCUT2D eigenvalue weighted by Gasteiger charge is 2.39. The van der Waals surface area contributed by atoms with Crippen LogP contribution in [0.1, 0.15) is 52.0 Å². The summed E-state index contributed by atoms with van der Waals surface area (Å²) in [5.41, 5.74) is 3.11. The minimum atomic E-state index is -0.459. The van der Waals surface area contributed by atoms with Crippen molar-refractivity contribution in [1.29, 1.82) is 0 Å². The molecule has 2 aliphatic heterocycles. The highest BCUT2D eigenvalue weighted by Crippen LogP contribution is 2.38. The second kappa shape index (κ2) is 6.15. The van der Waals surface area contributed by atoms with Gasteiger partial charge in [0.1, 0.15) is 5.60 Å². The third kappa shape index (κ3) is 3.22. The highest BCUT2D eigenvalue weighted by molar-refractivity contribution is 5.84. The predicted octanol–water partition coefficient (Wildman–Crippen LogP) is 4.52. The van der Waals surface area contributed by atoms with Crippen molar-refractivity contribution in [3.8, 4) is 0 Å². The number of fused-ring (bicyclic) bond motifs is 3. The van der Waals surface area contributed by atoms with Gasteiger partial charge >= 0.3 is 6.09 Å². The molecule has 0 saturated carbocycles. The fraction of sp³-hybridized carbons (Fsp3) is 0.524. The van der Waals surface area contributed by atoms with E-state index in [0.29, 0.717) is 0 Å². The molecule has 3 heterocycles. The maximum Gasteiger partial charge on any atom is 0.411 e. The third-order valence-corrected chi connectivity index (χ3v) is 5.23. The minimum Gasteiger partial charge on any atom is -0.444 e. The Hall–Kier alpha value is -2.30. The molecule has 2 aliphatic rings. The molecule has 2 atom stereocenters. The first kappa shape index (κ1) is 17.1. The number of benzene rings is 1. The number of hydrogen-bond acceptors (Lipinski definition) is 3. The molecule has 1 saturated heterocycles. The standard InChI is InChI=1S/C21H27N3O2/c1-21(2,3)26-20(25)24-17-6-5-7-18(24)11-16(10-17)14-8-9-15-13-23(4)22-19(15)12-14/h8-10,12-13,17-18H,5-7,11H2,1-4H3. The monoisotopic (exact) mass is 353 g/mol. The minimum absolute atomic E-state index is 0.131. The number of piperidine rings is 1. The molecule has 138 valence electrons. The van der Waals surface area contributed by atoms with Crippen molar-refractivity contribution in [3.05, 3.63) is 36.0 Å². The number of aryl methyl sites for hydroxylation is 1. The van der Waals surface area contributed by atoms with Gasteiger partial charge in [-0.2, -0.15) is 5.10 Å². The van der Waals surface area contributed by atoms with Gasteiger partial charge in [0.25, 0.3) is 0 Å². The van der Waals surface area contributed by atoms with Crippen LogP contribution in [0.5, 0.6) is 0 Å². The lowest BCUT2D eigenvalue weighted by molar-refractivity contribution is 0.0000855. The molecule has 0 radical (unpaired) electrons. The van der Waals surface area contributed by atoms with Gasteiger partial charge in [-0.3, -0.25) is 9.58 Å². The smallest absolute Gasteiger partial charge is 0.411 e. The third-order valence-electron chi connectivity index (χ3n) is 5.23. The van der Waals surface area contributed by atoms with Crippen molar-refractivity contribution in [2.45, 2.75) is 64.1 Å². The van der Waals surface area contributed by atoms with Gasteiger partial charge in [0.2, 0.25) is 0 Å². The SMILES string of the molecule is Cn1cc2ccc(C3=CC4CCCC(C3)N4C(=O)OC(C)(C)C)cc2n1. The first-order valence-corrected chi connectivity index (χ1v) is 9.46. The van der Waals surface area contributed by atoms with Crippen LogP contribution in [0.2, 0.25) is 0 Å². The normalized spacial score (nSPS) is 23.1. The second-order valence-corrected chi connectivity index (χ2v) is 8.51. The average molecular weight is 353 g/mol. The van der Waals surface area contributed by atoms with E-state index in [1.807, 2.05) is 43.6 Å². The van der Waals surface area contributed by atoms with Gasteiger partial charge < -0.3 is 4.74 Å². The number of ether oxygens (including phenoxy) is 1. The Labute approximate surface area is 154 Å². The van der Waals surface area contributed by atoms with E-state index in [9.17, 15) is 4.79 Å². The number of rotatable bonds is 1. The second-order valence-electron chi connectivity index (χ2n) is 8.51. The zero-order valence-corrected chi connectivity index (χ0v) is 16.0. The Morgan fingerprint density at radius 2 is 2.08 bits per heavy atom. The van der Waals surface area contributed by atoms with Gasteiger partial charge in [0.15, 0.2) is 0 Å². The molecule has 2 unspecified atom stereocenters. The number of amides is 1. The van der Waals surface area contributed by atoms with E-state index in [1.165, 1.54) is 11.1 Å². The number of aromatic nitrogens is 2. The number of hydrogen-bond donors (Lipinski definition) is 0. The fourth-order valence-corrected chi connectivity index (χ4v) is 4.18. The maximum atomic E-state index is 12.7. The Balaban J connectivity index is 1.64. The molecule has 0 aliphatic carbocycles. The molecule has 2 bridgehead atoms. The lowest BCUT2D eigenvalue weighted by atomic mass is 9.83. The molecule has 0 N–H and O–H groups in total. The first-order valence-electron chi connectivity index (χ1n) is 9.46. The fourth-order valence-electron chi connectivity index (χ4n) is 4.18. The van der Waals surface area contributed by atoms with Crippen molar-refractivity contribution in [3.63, 3.8) is 0 Å². The molecule has 1 aromatic heterocycles. The van der Waals surface area contributed by atoms with E-state index in [1.54, 1.807) is 0 Å². The van der Waals surface area contributed by atoms with Gasteiger partial charge in [-0.25, -0.2) is 4.79 Å². The molecule has 0 spiro atoms. The molecule has 1 amide bonds. The van der Waals surface area contributed by atoms with Gasteiger partial charge in [-0.1, -0.05) is 18.2 Å². The zero-order valence-electron chi connectivity index (χ0n) is 16.0. The topological polar surface area (TPSA) is 47.4 Å². The zero-order chi connectivity index (χ0) is 18.5. The van der Waals surface area contributed by atoms with Crippen LogP contribution in [-0.2, 0) is 11.8 Å². The van der Waals surface area contributed by atoms with Crippen molar-refractivity contribution < 1.29 is 9.53 Å². The van der Waals surface area contributed by atoms with Crippen LogP contribution in [-0.4, -0.2) is 38.5 Å². The molecular formula is C21H27N3O2. The number of carbonyl (C=O) groups excluding carboxylic acids is 1. The molecule has 26 heavy (non-hydrogen) atoms. The largest absolute Gasteiger partial charge is 0.444 e. The Morgan fingerprint density at radius 3 is 2.81 bits per heavy atom. The Morgan fingerprint density at radius 1 is 1.27 bits per heavy atom. The van der Waals surface area contributed by atoms with Crippen LogP contribution in [0.25, 0.3) is 16.5 Å². The maximum absolute atomic E-state index is 12.7. The van der Waals surface area contributed by atoms with E-state index in [0.717, 1.165) is 36.6 Å². The molecular weight excluding hydrogens is 326 g/mol. The average Bonchev–Trinajstić information content (AvgIpc) is 2.91. The Kier molecular flexibility index (Phi) is 4.05. The summed E-state index contributed by atoms with van der Waals surface area (Å²) in [4.78, 5) is 14.7. The van der Waals surface area contributed by atoms with Gasteiger partial charge in [0, 0.05) is 24.7 Å². The highest BCUT2D eigenvalue weighted by atomic mass is 16.6. The van der Waals surface area contributed by atoms with E-state index in [4.69, 9.17) is 4.74 Å². The predicted molar refractivity (Wildman–Crippen MR) is 103 cm³/mol. The van der Waals surface area contributed by atoms with Crippen LogP contribution in [0, 0.1) is 0 Å². The first-order chi connectivity index (χ1) is 12.3. The van der Waals surface area contributed by atoms with E-state index < -0.39 is 5.60 Å². The van der Waals surface area contributed by atoms with E-state index in [2.05, 4.69) is 29.4 Å². The lowest BCUT2D eigenvalue weighted by Crippen LogP contribution is -2.53. The lowest BCUT2D eigenvalue weighted by Gasteiger charge is -2.45. The number of nitrogens with zero attached hydrogens (tertiary/aromatic N) is 3. The summed E-state index contributed by atoms with van der Waals surface area (Å²) in [6.45, 7) is 5.77. The van der Waals surface area contributed by atoms with E-state index in [-0.39, 0.29) is 18.2 Å². The molecule has 2 aromatic rings. The summed E-state index contributed by atoms with van der Waals surface area (Å²) in [5.74, 6) is 0. The summed E-state index contributed by atoms with van der Waals surface area (Å²) in [7, 11) is 1.95. The summed E-state index contributed by atoms with van der Waals surface area (Å²) in [6, 6.07) is 6.83. The summed E-state index contributed by atoms with van der Waals surface area (Å²) < 4.78 is 7.51. The van der Waals surface area contributed by atoms with Gasteiger partial charge in [-0.15, -0.1) is 0 Å². The van der Waals surface area contributed by atoms with Crippen LogP contribution in [0.15, 0.2) is 30.5 Å². The van der Waals surface area contributed by atoms with E-state index >= 15 is 0 Å². The Bertz CT molecular complexity index is 875. The van der Waals surface area contributed by atoms with Gasteiger partial charge in [-0.05, 0) is 63.7 Å². The quantitative estimate of drug-likeness (QED) is 0.757. The van der Waals surface area contributed by atoms with Crippen LogP contribution in [0.4, 0.5) is 4.79 Å². The molecule has 1 aromatic carbocycles. The van der Waals surface area contributed by atoms with Crippen LogP contribution in [0.3, 0.4) is 0 Å². The van der Waals surface area contributed by atoms with Crippen molar-refractivity contribution in [2.24, 2.45) is 7.05 Å². The van der Waals surface area contributed by atoms with Gasteiger partial charge in [0.05, 0.1) is 11.6 Å². The molecule has 5 heteroatoms. The van der Waals surface area contributed by atoms with Crippen molar-refractivity contribution in [1.82, 2.24) is 14.7 Å². The van der Waals surface area contributed by atoms with Crippen molar-refractivity contribution in [2.75, 3.05) is 0 Å². The van der Waals surface area contributed by atoms with Crippen molar-refractivity contribution >= 4 is 22.6 Å². The molecule has 1 fully saturated rings. The van der Waals surface area contributed by atoms with Crippen LogP contribution < -0.4 is 0 Å². The summed E-state index contributed by atoms with van der Waals surface area (Å²) in [5, 5.41) is 5.69. The van der Waals surface area contributed by atoms with Crippen LogP contribution >= 0.6 is 0 Å². The molecule has 5 nitrogen and oxygen atoms in total. The summed E-state index contributed by atoms with van der Waals surface area (Å²) >= 11 is 0. The number of carbonyl (C=O) groups is 1. The molecule has 4 rings (SSSR count).